The standard InChI is InChI=1S/C19H29FN2O/c1-14(2)17(21)9-12-22(3)18(23)19(10-4-5-11-19)15-7-6-8-16(20)13-15/h6-8,13-14,17H,4-5,9-12,21H2,1-3H3. The number of nitrogens with zero attached hydrogens (tertiary/aromatic N) is 1. The monoisotopic (exact) mass is 320 g/mol. The van der Waals surface area contributed by atoms with Crippen molar-refractivity contribution >= 4 is 5.91 Å². The smallest absolute Gasteiger partial charge is 0.232 e. The number of carbonyl (C=O) groups is 1. The van der Waals surface area contributed by atoms with E-state index in [9.17, 15) is 9.18 Å². The van der Waals surface area contributed by atoms with Crippen molar-refractivity contribution in [3.8, 4) is 0 Å². The SMILES string of the molecule is CC(C)C(N)CCN(C)C(=O)C1(c2cccc(F)c2)CCCC1. The maximum atomic E-state index is 13.7. The first kappa shape index (κ1) is 17.9. The predicted octanol–water partition coefficient (Wildman–Crippen LogP) is 3.47. The molecule has 128 valence electrons. The molecule has 1 amide bonds. The van der Waals surface area contributed by atoms with Crippen LogP contribution in [-0.4, -0.2) is 30.4 Å². The highest BCUT2D eigenvalue weighted by molar-refractivity contribution is 5.88. The van der Waals surface area contributed by atoms with Gasteiger partial charge in [0.1, 0.15) is 5.82 Å². The Hall–Kier alpha value is -1.42. The topological polar surface area (TPSA) is 46.3 Å². The van der Waals surface area contributed by atoms with Crippen LogP contribution < -0.4 is 5.73 Å². The molecule has 1 aliphatic carbocycles. The molecule has 0 bridgehead atoms. The van der Waals surface area contributed by atoms with Gasteiger partial charge < -0.3 is 10.6 Å². The third-order valence-corrected chi connectivity index (χ3v) is 5.24. The van der Waals surface area contributed by atoms with Gasteiger partial charge in [0.05, 0.1) is 5.41 Å². The van der Waals surface area contributed by atoms with Gasteiger partial charge in [-0.05, 0) is 42.9 Å². The second-order valence-corrected chi connectivity index (χ2v) is 7.22. The van der Waals surface area contributed by atoms with Gasteiger partial charge >= 0.3 is 0 Å². The Kier molecular flexibility index (Phi) is 5.79. The Bertz CT molecular complexity index is 538. The first-order chi connectivity index (χ1) is 10.9. The zero-order valence-electron chi connectivity index (χ0n) is 14.5. The molecular formula is C19H29FN2O. The van der Waals surface area contributed by atoms with Crippen LogP contribution in [0.3, 0.4) is 0 Å². The third kappa shape index (κ3) is 3.92. The highest BCUT2D eigenvalue weighted by atomic mass is 19.1. The summed E-state index contributed by atoms with van der Waals surface area (Å²) in [4.78, 5) is 14.9. The Morgan fingerprint density at radius 1 is 1.35 bits per heavy atom. The van der Waals surface area contributed by atoms with Crippen molar-refractivity contribution in [2.45, 2.75) is 57.4 Å². The van der Waals surface area contributed by atoms with Gasteiger partial charge in [-0.25, -0.2) is 4.39 Å². The molecule has 4 heteroatoms. The van der Waals surface area contributed by atoms with E-state index in [2.05, 4.69) is 13.8 Å². The lowest BCUT2D eigenvalue weighted by Crippen LogP contribution is -2.45. The van der Waals surface area contributed by atoms with Gasteiger partial charge in [0.15, 0.2) is 0 Å². The molecule has 0 aromatic heterocycles. The van der Waals surface area contributed by atoms with Crippen LogP contribution >= 0.6 is 0 Å². The third-order valence-electron chi connectivity index (χ3n) is 5.24. The number of carbonyl (C=O) groups excluding carboxylic acids is 1. The minimum absolute atomic E-state index is 0.0962. The number of nitrogens with two attached hydrogens (primary N) is 1. The second kappa shape index (κ2) is 7.43. The summed E-state index contributed by atoms with van der Waals surface area (Å²) >= 11 is 0. The lowest BCUT2D eigenvalue weighted by molar-refractivity contribution is -0.136. The number of benzene rings is 1. The summed E-state index contributed by atoms with van der Waals surface area (Å²) in [6.45, 7) is 4.84. The minimum atomic E-state index is -0.557. The van der Waals surface area contributed by atoms with Crippen LogP contribution in [0, 0.1) is 11.7 Å². The molecule has 1 aromatic rings. The molecule has 1 unspecified atom stereocenters. The summed E-state index contributed by atoms with van der Waals surface area (Å²) in [5, 5.41) is 0. The Morgan fingerprint density at radius 2 is 2.00 bits per heavy atom. The van der Waals surface area contributed by atoms with Crippen LogP contribution in [0.5, 0.6) is 0 Å². The number of halogens is 1. The van der Waals surface area contributed by atoms with Crippen molar-refractivity contribution in [1.82, 2.24) is 4.90 Å². The second-order valence-electron chi connectivity index (χ2n) is 7.22. The number of likely N-dealkylation sites (N-methyl/N-ethyl adjacent to an activating group) is 1. The normalized spacial score (nSPS) is 18.2. The Morgan fingerprint density at radius 3 is 2.57 bits per heavy atom. The van der Waals surface area contributed by atoms with Crippen LogP contribution in [0.1, 0.15) is 51.5 Å². The number of hydrogen-bond acceptors (Lipinski definition) is 2. The zero-order valence-corrected chi connectivity index (χ0v) is 14.5. The lowest BCUT2D eigenvalue weighted by atomic mass is 9.77. The number of rotatable bonds is 6. The maximum Gasteiger partial charge on any atom is 0.232 e. The van der Waals surface area contributed by atoms with Crippen LogP contribution in [0.25, 0.3) is 0 Å². The molecule has 0 radical (unpaired) electrons. The van der Waals surface area contributed by atoms with E-state index >= 15 is 0 Å². The average molecular weight is 320 g/mol. The first-order valence-corrected chi connectivity index (χ1v) is 8.64. The van der Waals surface area contributed by atoms with Crippen LogP contribution in [-0.2, 0) is 10.2 Å². The fraction of sp³-hybridized carbons (Fsp3) is 0.632. The summed E-state index contributed by atoms with van der Waals surface area (Å²) in [7, 11) is 1.84. The molecule has 0 heterocycles. The van der Waals surface area contributed by atoms with E-state index < -0.39 is 5.41 Å². The largest absolute Gasteiger partial charge is 0.345 e. The van der Waals surface area contributed by atoms with Gasteiger partial charge in [-0.15, -0.1) is 0 Å². The molecule has 1 saturated carbocycles. The lowest BCUT2D eigenvalue weighted by Gasteiger charge is -2.33. The quantitative estimate of drug-likeness (QED) is 0.872. The molecule has 2 N–H and O–H groups in total. The van der Waals surface area contributed by atoms with Crippen molar-refractivity contribution in [2.75, 3.05) is 13.6 Å². The summed E-state index contributed by atoms with van der Waals surface area (Å²) < 4.78 is 13.7. The van der Waals surface area contributed by atoms with Crippen molar-refractivity contribution in [1.29, 1.82) is 0 Å². The van der Waals surface area contributed by atoms with E-state index in [1.54, 1.807) is 11.0 Å². The average Bonchev–Trinajstić information content (AvgIpc) is 3.02. The molecule has 1 aliphatic rings. The van der Waals surface area contributed by atoms with Crippen LogP contribution in [0.15, 0.2) is 24.3 Å². The summed E-state index contributed by atoms with van der Waals surface area (Å²) in [6.07, 6.45) is 4.42. The molecular weight excluding hydrogens is 291 g/mol. The molecule has 0 saturated heterocycles. The van der Waals surface area contributed by atoms with E-state index in [0.717, 1.165) is 37.7 Å². The van der Waals surface area contributed by atoms with Crippen molar-refractivity contribution < 1.29 is 9.18 Å². The molecule has 1 fully saturated rings. The van der Waals surface area contributed by atoms with Gasteiger partial charge in [0, 0.05) is 19.6 Å². The molecule has 1 aromatic carbocycles. The maximum absolute atomic E-state index is 13.7. The molecule has 1 atom stereocenters. The Balaban J connectivity index is 2.15. The molecule has 0 aliphatic heterocycles. The van der Waals surface area contributed by atoms with Crippen LogP contribution in [0.4, 0.5) is 4.39 Å². The first-order valence-electron chi connectivity index (χ1n) is 8.64. The summed E-state index contributed by atoms with van der Waals surface area (Å²) in [6, 6.07) is 6.64. The van der Waals surface area contributed by atoms with E-state index in [0.29, 0.717) is 12.5 Å². The zero-order chi connectivity index (χ0) is 17.0. The summed E-state index contributed by atoms with van der Waals surface area (Å²) in [5.41, 5.74) is 6.36. The van der Waals surface area contributed by atoms with Gasteiger partial charge in [-0.3, -0.25) is 4.79 Å². The number of hydrogen-bond donors (Lipinski definition) is 1. The van der Waals surface area contributed by atoms with E-state index in [4.69, 9.17) is 5.73 Å². The van der Waals surface area contributed by atoms with Gasteiger partial charge in [-0.2, -0.15) is 0 Å². The van der Waals surface area contributed by atoms with Crippen molar-refractivity contribution in [3.05, 3.63) is 35.6 Å². The summed E-state index contributed by atoms with van der Waals surface area (Å²) in [5.74, 6) is 0.241. The van der Waals surface area contributed by atoms with Gasteiger partial charge in [-0.1, -0.05) is 38.8 Å². The molecule has 23 heavy (non-hydrogen) atoms. The van der Waals surface area contributed by atoms with E-state index in [1.165, 1.54) is 12.1 Å². The predicted molar refractivity (Wildman–Crippen MR) is 91.6 cm³/mol. The van der Waals surface area contributed by atoms with Gasteiger partial charge in [0.25, 0.3) is 0 Å². The molecule has 3 nitrogen and oxygen atoms in total. The highest BCUT2D eigenvalue weighted by Crippen LogP contribution is 2.42. The Labute approximate surface area is 139 Å². The number of amides is 1. The van der Waals surface area contributed by atoms with Gasteiger partial charge in [0.2, 0.25) is 5.91 Å². The van der Waals surface area contributed by atoms with Crippen molar-refractivity contribution in [3.63, 3.8) is 0 Å². The minimum Gasteiger partial charge on any atom is -0.345 e. The van der Waals surface area contributed by atoms with E-state index in [-0.39, 0.29) is 17.8 Å². The van der Waals surface area contributed by atoms with Crippen LogP contribution in [0.2, 0.25) is 0 Å². The molecule has 2 rings (SSSR count). The van der Waals surface area contributed by atoms with Crippen molar-refractivity contribution in [2.24, 2.45) is 11.7 Å². The fourth-order valence-corrected chi connectivity index (χ4v) is 3.53. The fourth-order valence-electron chi connectivity index (χ4n) is 3.53. The highest BCUT2D eigenvalue weighted by Gasteiger charge is 2.44. The molecule has 0 spiro atoms. The van der Waals surface area contributed by atoms with E-state index in [1.807, 2.05) is 13.1 Å².